The number of benzene rings is 2. The topological polar surface area (TPSA) is 124 Å². The van der Waals surface area contributed by atoms with Gasteiger partial charge in [0.2, 0.25) is 0 Å². The van der Waals surface area contributed by atoms with Gasteiger partial charge in [-0.3, -0.25) is 4.72 Å². The molecule has 0 aliphatic heterocycles. The average molecular weight is 422 g/mol. The average Bonchev–Trinajstić information content (AvgIpc) is 3.59. The number of phenols is 1. The Kier molecular flexibility index (Phi) is 5.20. The second-order valence-electron chi connectivity index (χ2n) is 6.67. The number of aromatic hydroxyl groups is 1. The van der Waals surface area contributed by atoms with Gasteiger partial charge in [0, 0.05) is 6.20 Å². The number of anilines is 1. The summed E-state index contributed by atoms with van der Waals surface area (Å²) >= 11 is 0. The Morgan fingerprint density at radius 3 is 2.33 bits per heavy atom. The van der Waals surface area contributed by atoms with Gasteiger partial charge in [0.25, 0.3) is 10.0 Å². The van der Waals surface area contributed by atoms with E-state index in [0.29, 0.717) is 16.9 Å². The van der Waals surface area contributed by atoms with Crippen molar-refractivity contribution in [1.29, 1.82) is 0 Å². The second-order valence-corrected chi connectivity index (χ2v) is 8.35. The molecule has 0 amide bonds. The normalized spacial score (nSPS) is 13.4. The zero-order valence-corrected chi connectivity index (χ0v) is 16.5. The Morgan fingerprint density at radius 1 is 0.967 bits per heavy atom. The minimum absolute atomic E-state index is 0.0270. The lowest BCUT2D eigenvalue weighted by molar-refractivity contribution is 0.460. The Hall–Kier alpha value is -3.72. The number of azo groups is 1. The summed E-state index contributed by atoms with van der Waals surface area (Å²) < 4.78 is 27.3. The van der Waals surface area contributed by atoms with E-state index in [4.69, 9.17) is 0 Å². The van der Waals surface area contributed by atoms with Crippen molar-refractivity contribution in [2.45, 2.75) is 17.7 Å². The van der Waals surface area contributed by atoms with Gasteiger partial charge in [-0.25, -0.2) is 13.4 Å². The van der Waals surface area contributed by atoms with Crippen LogP contribution >= 0.6 is 0 Å². The van der Waals surface area contributed by atoms with E-state index in [2.05, 4.69) is 19.9 Å². The fourth-order valence-corrected chi connectivity index (χ4v) is 3.70. The monoisotopic (exact) mass is 422 g/mol. The Labute approximate surface area is 173 Å². The van der Waals surface area contributed by atoms with E-state index in [1.165, 1.54) is 36.5 Å². The zero-order chi connectivity index (χ0) is 21.1. The molecule has 3 aromatic rings. The van der Waals surface area contributed by atoms with Crippen molar-refractivity contribution >= 4 is 33.0 Å². The third kappa shape index (κ3) is 4.47. The van der Waals surface area contributed by atoms with Crippen LogP contribution in [0.15, 0.2) is 87.6 Å². The van der Waals surface area contributed by atoms with Crippen LogP contribution in [0.5, 0.6) is 5.75 Å². The quantitative estimate of drug-likeness (QED) is 0.378. The molecule has 1 aliphatic carbocycles. The van der Waals surface area contributed by atoms with E-state index < -0.39 is 10.0 Å². The van der Waals surface area contributed by atoms with Gasteiger partial charge in [0.15, 0.2) is 0 Å². The van der Waals surface area contributed by atoms with Crippen LogP contribution in [0.4, 0.5) is 17.2 Å². The molecule has 1 aromatic heterocycles. The summed E-state index contributed by atoms with van der Waals surface area (Å²) in [4.78, 5) is 4.02. The predicted molar refractivity (Wildman–Crippen MR) is 113 cm³/mol. The standard InChI is InChI=1S/C21H18N4O4S/c26-19-11-8-16(13-18(19)21(27)14-4-5-14)24-23-15-6-9-17(10-7-15)30(28,29)25-20-3-1-2-12-22-20/h1-3,6-13,26-27H,4-5H2,(H,22,25). The van der Waals surface area contributed by atoms with Gasteiger partial charge >= 0.3 is 0 Å². The van der Waals surface area contributed by atoms with Crippen LogP contribution in [0.25, 0.3) is 5.76 Å². The second kappa shape index (κ2) is 7.96. The molecule has 0 bridgehead atoms. The number of phenolic OH excluding ortho intramolecular Hbond substituents is 1. The van der Waals surface area contributed by atoms with Crippen LogP contribution in [0.2, 0.25) is 0 Å². The molecule has 1 saturated carbocycles. The highest BCUT2D eigenvalue weighted by Gasteiger charge is 2.20. The van der Waals surface area contributed by atoms with Gasteiger partial charge in [-0.05, 0) is 73.0 Å². The molecule has 0 saturated heterocycles. The Bertz CT molecular complexity index is 1230. The highest BCUT2D eigenvalue weighted by molar-refractivity contribution is 7.92. The molecule has 30 heavy (non-hydrogen) atoms. The first kappa shape index (κ1) is 19.6. The first-order valence-electron chi connectivity index (χ1n) is 9.12. The molecule has 1 aliphatic rings. The predicted octanol–water partition coefficient (Wildman–Crippen LogP) is 5.07. The minimum Gasteiger partial charge on any atom is -0.507 e. The highest BCUT2D eigenvalue weighted by Crippen LogP contribution is 2.39. The number of allylic oxidation sites excluding steroid dienone is 1. The number of hydrogen-bond acceptors (Lipinski definition) is 7. The summed E-state index contributed by atoms with van der Waals surface area (Å²) in [7, 11) is -3.76. The van der Waals surface area contributed by atoms with Crippen LogP contribution in [-0.4, -0.2) is 23.6 Å². The van der Waals surface area contributed by atoms with Gasteiger partial charge in [0.1, 0.15) is 17.3 Å². The van der Waals surface area contributed by atoms with Crippen LogP contribution < -0.4 is 4.72 Å². The molecule has 0 atom stereocenters. The highest BCUT2D eigenvalue weighted by atomic mass is 32.2. The summed E-state index contributed by atoms with van der Waals surface area (Å²) in [5.41, 5.74) is 2.12. The van der Waals surface area contributed by atoms with Crippen LogP contribution in [0, 0.1) is 0 Å². The third-order valence-electron chi connectivity index (χ3n) is 4.40. The van der Waals surface area contributed by atoms with Crippen molar-refractivity contribution in [1.82, 2.24) is 4.98 Å². The molecule has 0 radical (unpaired) electrons. The van der Waals surface area contributed by atoms with Gasteiger partial charge < -0.3 is 10.2 Å². The number of aromatic nitrogens is 1. The summed E-state index contributed by atoms with van der Waals surface area (Å²) in [5, 5.41) is 28.3. The third-order valence-corrected chi connectivity index (χ3v) is 5.77. The first-order chi connectivity index (χ1) is 14.4. The molecule has 1 heterocycles. The van der Waals surface area contributed by atoms with Crippen molar-refractivity contribution in [3.63, 3.8) is 0 Å². The number of aliphatic hydroxyl groups excluding tert-OH is 1. The molecule has 0 unspecified atom stereocenters. The number of pyridine rings is 1. The molecular weight excluding hydrogens is 404 g/mol. The first-order valence-corrected chi connectivity index (χ1v) is 10.6. The Balaban J connectivity index is 1.50. The lowest BCUT2D eigenvalue weighted by atomic mass is 10.1. The van der Waals surface area contributed by atoms with Crippen LogP contribution in [0.3, 0.4) is 0 Å². The molecular formula is C21H18N4O4S. The maximum atomic E-state index is 12.4. The molecule has 4 rings (SSSR count). The van der Waals surface area contributed by atoms with Crippen molar-refractivity contribution in [3.8, 4) is 5.75 Å². The molecule has 1 fully saturated rings. The van der Waals surface area contributed by atoms with Gasteiger partial charge in [0.05, 0.1) is 21.8 Å². The van der Waals surface area contributed by atoms with E-state index in [9.17, 15) is 18.6 Å². The van der Waals surface area contributed by atoms with E-state index in [1.54, 1.807) is 30.3 Å². The molecule has 9 heteroatoms. The van der Waals surface area contributed by atoms with Crippen molar-refractivity contribution in [3.05, 3.63) is 78.0 Å². The van der Waals surface area contributed by atoms with Gasteiger partial charge in [-0.15, -0.1) is 0 Å². The number of nitrogens with one attached hydrogen (secondary N) is 1. The van der Waals surface area contributed by atoms with Gasteiger partial charge in [-0.2, -0.15) is 10.2 Å². The van der Waals surface area contributed by atoms with E-state index in [0.717, 1.165) is 18.4 Å². The van der Waals surface area contributed by atoms with E-state index >= 15 is 0 Å². The fraction of sp³-hybridized carbons (Fsp3) is 0.0952. The maximum Gasteiger partial charge on any atom is 0.263 e. The lowest BCUT2D eigenvalue weighted by Crippen LogP contribution is -2.13. The van der Waals surface area contributed by atoms with Gasteiger partial charge in [-0.1, -0.05) is 6.07 Å². The van der Waals surface area contributed by atoms with Crippen molar-refractivity contribution in [2.24, 2.45) is 10.2 Å². The van der Waals surface area contributed by atoms with E-state index in [-0.39, 0.29) is 22.2 Å². The SMILES string of the molecule is O=S(=O)(Nc1ccccn1)c1ccc(N=Nc2ccc(O)c(C(O)=C3CC3)c2)cc1. The largest absolute Gasteiger partial charge is 0.507 e. The molecule has 8 nitrogen and oxygen atoms in total. The minimum atomic E-state index is -3.76. The summed E-state index contributed by atoms with van der Waals surface area (Å²) in [6.07, 6.45) is 3.14. The smallest absolute Gasteiger partial charge is 0.263 e. The number of nitrogens with zero attached hydrogens (tertiary/aromatic N) is 3. The maximum absolute atomic E-state index is 12.4. The van der Waals surface area contributed by atoms with Crippen molar-refractivity contribution < 1.29 is 18.6 Å². The van der Waals surface area contributed by atoms with E-state index in [1.807, 2.05) is 0 Å². The molecule has 2 aromatic carbocycles. The van der Waals surface area contributed by atoms with Crippen LogP contribution in [0.1, 0.15) is 18.4 Å². The number of rotatable bonds is 6. The molecule has 3 N–H and O–H groups in total. The number of hydrogen-bond donors (Lipinski definition) is 3. The molecule has 152 valence electrons. The summed E-state index contributed by atoms with van der Waals surface area (Å²) in [6, 6.07) is 15.4. The summed E-state index contributed by atoms with van der Waals surface area (Å²) in [6.45, 7) is 0. The summed E-state index contributed by atoms with van der Waals surface area (Å²) in [5.74, 6) is 0.286. The number of aliphatic hydroxyl groups is 1. The lowest BCUT2D eigenvalue weighted by Gasteiger charge is -2.07. The molecule has 0 spiro atoms. The van der Waals surface area contributed by atoms with Crippen LogP contribution in [-0.2, 0) is 10.0 Å². The number of sulfonamides is 1. The Morgan fingerprint density at radius 2 is 1.67 bits per heavy atom. The fourth-order valence-electron chi connectivity index (χ4n) is 2.69. The van der Waals surface area contributed by atoms with Crippen molar-refractivity contribution in [2.75, 3.05) is 4.72 Å². The zero-order valence-electron chi connectivity index (χ0n) is 15.7.